The van der Waals surface area contributed by atoms with Crippen molar-refractivity contribution in [3.8, 4) is 11.5 Å². The van der Waals surface area contributed by atoms with Gasteiger partial charge in [-0.2, -0.15) is 0 Å². The lowest BCUT2D eigenvalue weighted by atomic mass is 10.1. The first-order valence-corrected chi connectivity index (χ1v) is 6.76. The molecule has 2 aromatic carbocycles. The van der Waals surface area contributed by atoms with E-state index in [1.807, 2.05) is 24.3 Å². The summed E-state index contributed by atoms with van der Waals surface area (Å²) in [5.41, 5.74) is 1.78. The average Bonchev–Trinajstić information content (AvgIpc) is 2.47. The van der Waals surface area contributed by atoms with Crippen LogP contribution < -0.4 is 4.74 Å². The second-order valence-electron chi connectivity index (χ2n) is 4.36. The summed E-state index contributed by atoms with van der Waals surface area (Å²) in [6, 6.07) is 13.1. The van der Waals surface area contributed by atoms with Crippen LogP contribution in [-0.2, 0) is 17.8 Å². The van der Waals surface area contributed by atoms with E-state index in [-0.39, 0.29) is 6.61 Å². The van der Waals surface area contributed by atoms with Crippen molar-refractivity contribution in [3.05, 3.63) is 58.6 Å². The van der Waals surface area contributed by atoms with Crippen LogP contribution in [0.3, 0.4) is 0 Å². The first-order chi connectivity index (χ1) is 9.74. The minimum Gasteiger partial charge on any atom is -0.457 e. The minimum absolute atomic E-state index is 0.152. The zero-order valence-corrected chi connectivity index (χ0v) is 12.1. The number of hydrogen-bond acceptors (Lipinski definition) is 3. The molecule has 0 saturated carbocycles. The molecule has 0 aliphatic heterocycles. The third-order valence-corrected chi connectivity index (χ3v) is 3.33. The highest BCUT2D eigenvalue weighted by Crippen LogP contribution is 2.30. The summed E-state index contributed by atoms with van der Waals surface area (Å²) in [6.07, 6.45) is 0.871. The molecule has 1 N–H and O–H groups in total. The van der Waals surface area contributed by atoms with Gasteiger partial charge < -0.3 is 14.6 Å². The summed E-state index contributed by atoms with van der Waals surface area (Å²) in [6.45, 7) is 0.546. The molecule has 0 heterocycles. The lowest BCUT2D eigenvalue weighted by Crippen LogP contribution is -1.95. The molecule has 0 spiro atoms. The number of methoxy groups -OCH3 is 1. The highest BCUT2D eigenvalue weighted by Gasteiger charge is 2.08. The van der Waals surface area contributed by atoms with Crippen LogP contribution in [-0.4, -0.2) is 18.8 Å². The van der Waals surface area contributed by atoms with Crippen molar-refractivity contribution in [2.45, 2.75) is 13.0 Å². The van der Waals surface area contributed by atoms with E-state index in [0.29, 0.717) is 28.7 Å². The number of hydrogen-bond donors (Lipinski definition) is 1. The standard InChI is InChI=1S/C16H17ClO3/c1-19-10-9-12-5-7-13(8-6-12)20-16-4-2-3-15(17)14(16)11-18/h2-8,18H,9-11H2,1H3. The topological polar surface area (TPSA) is 38.7 Å². The van der Waals surface area contributed by atoms with Gasteiger partial charge in [-0.15, -0.1) is 0 Å². The SMILES string of the molecule is COCCc1ccc(Oc2cccc(Cl)c2CO)cc1. The highest BCUT2D eigenvalue weighted by molar-refractivity contribution is 6.31. The Morgan fingerprint density at radius 2 is 1.85 bits per heavy atom. The Hall–Kier alpha value is -1.55. The zero-order chi connectivity index (χ0) is 14.4. The fraction of sp³-hybridized carbons (Fsp3) is 0.250. The van der Waals surface area contributed by atoms with Gasteiger partial charge in [0.05, 0.1) is 13.2 Å². The van der Waals surface area contributed by atoms with Crippen LogP contribution in [0.25, 0.3) is 0 Å². The molecule has 4 heteroatoms. The molecule has 0 radical (unpaired) electrons. The van der Waals surface area contributed by atoms with Gasteiger partial charge in [-0.05, 0) is 36.2 Å². The van der Waals surface area contributed by atoms with Crippen molar-refractivity contribution in [2.75, 3.05) is 13.7 Å². The molecule has 0 aromatic heterocycles. The quantitative estimate of drug-likeness (QED) is 0.880. The smallest absolute Gasteiger partial charge is 0.134 e. The number of halogens is 1. The fourth-order valence-electron chi connectivity index (χ4n) is 1.86. The van der Waals surface area contributed by atoms with Gasteiger partial charge in [0.1, 0.15) is 11.5 Å². The maximum Gasteiger partial charge on any atom is 0.134 e. The average molecular weight is 293 g/mol. The molecule has 0 aliphatic rings. The summed E-state index contributed by atoms with van der Waals surface area (Å²) >= 11 is 6.02. The van der Waals surface area contributed by atoms with Gasteiger partial charge in [0.25, 0.3) is 0 Å². The van der Waals surface area contributed by atoms with E-state index in [1.165, 1.54) is 5.56 Å². The molecular formula is C16H17ClO3. The first-order valence-electron chi connectivity index (χ1n) is 6.38. The van der Waals surface area contributed by atoms with Gasteiger partial charge in [0, 0.05) is 17.7 Å². The number of aliphatic hydroxyl groups excluding tert-OH is 1. The van der Waals surface area contributed by atoms with Gasteiger partial charge >= 0.3 is 0 Å². The van der Waals surface area contributed by atoms with E-state index >= 15 is 0 Å². The fourth-order valence-corrected chi connectivity index (χ4v) is 2.08. The number of ether oxygens (including phenoxy) is 2. The Labute approximate surface area is 123 Å². The number of rotatable bonds is 6. The van der Waals surface area contributed by atoms with Crippen molar-refractivity contribution >= 4 is 11.6 Å². The predicted molar refractivity (Wildman–Crippen MR) is 79.5 cm³/mol. The molecule has 0 fully saturated rings. The van der Waals surface area contributed by atoms with E-state index in [9.17, 15) is 5.11 Å². The van der Waals surface area contributed by atoms with Crippen molar-refractivity contribution in [1.29, 1.82) is 0 Å². The van der Waals surface area contributed by atoms with E-state index < -0.39 is 0 Å². The normalized spacial score (nSPS) is 10.6. The van der Waals surface area contributed by atoms with Crippen LogP contribution in [0.5, 0.6) is 11.5 Å². The van der Waals surface area contributed by atoms with E-state index in [0.717, 1.165) is 6.42 Å². The number of aliphatic hydroxyl groups is 1. The highest BCUT2D eigenvalue weighted by atomic mass is 35.5. The Balaban J connectivity index is 2.12. The summed E-state index contributed by atoms with van der Waals surface area (Å²) in [5.74, 6) is 1.28. The number of benzene rings is 2. The third kappa shape index (κ3) is 3.73. The lowest BCUT2D eigenvalue weighted by molar-refractivity contribution is 0.202. The maximum absolute atomic E-state index is 9.34. The molecule has 2 rings (SSSR count). The van der Waals surface area contributed by atoms with Crippen molar-refractivity contribution in [1.82, 2.24) is 0 Å². The Kier molecular flexibility index (Phi) is 5.41. The molecule has 0 saturated heterocycles. The largest absolute Gasteiger partial charge is 0.457 e. The molecule has 0 bridgehead atoms. The maximum atomic E-state index is 9.34. The molecule has 0 unspecified atom stereocenters. The molecule has 0 amide bonds. The van der Waals surface area contributed by atoms with Crippen LogP contribution in [0, 0.1) is 0 Å². The van der Waals surface area contributed by atoms with E-state index in [1.54, 1.807) is 25.3 Å². The van der Waals surface area contributed by atoms with Gasteiger partial charge in [0.15, 0.2) is 0 Å². The molecule has 2 aromatic rings. The van der Waals surface area contributed by atoms with Crippen LogP contribution in [0.15, 0.2) is 42.5 Å². The van der Waals surface area contributed by atoms with Crippen LogP contribution in [0.2, 0.25) is 5.02 Å². The molecular weight excluding hydrogens is 276 g/mol. The van der Waals surface area contributed by atoms with Gasteiger partial charge in [-0.25, -0.2) is 0 Å². The lowest BCUT2D eigenvalue weighted by Gasteiger charge is -2.11. The van der Waals surface area contributed by atoms with Crippen LogP contribution >= 0.6 is 11.6 Å². The van der Waals surface area contributed by atoms with Gasteiger partial charge in [-0.1, -0.05) is 29.8 Å². The minimum atomic E-state index is -0.152. The monoisotopic (exact) mass is 292 g/mol. The Bertz CT molecular complexity index is 552. The summed E-state index contributed by atoms with van der Waals surface area (Å²) in [4.78, 5) is 0. The first kappa shape index (κ1) is 14.9. The molecule has 0 atom stereocenters. The molecule has 106 valence electrons. The van der Waals surface area contributed by atoms with Gasteiger partial charge in [-0.3, -0.25) is 0 Å². The molecule has 3 nitrogen and oxygen atoms in total. The zero-order valence-electron chi connectivity index (χ0n) is 11.3. The second kappa shape index (κ2) is 7.29. The molecule has 0 aliphatic carbocycles. The Morgan fingerprint density at radius 3 is 2.50 bits per heavy atom. The second-order valence-corrected chi connectivity index (χ2v) is 4.77. The van der Waals surface area contributed by atoms with Crippen LogP contribution in [0.1, 0.15) is 11.1 Å². The van der Waals surface area contributed by atoms with E-state index in [4.69, 9.17) is 21.1 Å². The van der Waals surface area contributed by atoms with Crippen molar-refractivity contribution < 1.29 is 14.6 Å². The predicted octanol–water partition coefficient (Wildman–Crippen LogP) is 3.81. The Morgan fingerprint density at radius 1 is 1.10 bits per heavy atom. The van der Waals surface area contributed by atoms with Gasteiger partial charge in [0.2, 0.25) is 0 Å². The third-order valence-electron chi connectivity index (χ3n) is 2.98. The summed E-state index contributed by atoms with van der Waals surface area (Å²) in [7, 11) is 1.69. The summed E-state index contributed by atoms with van der Waals surface area (Å²) < 4.78 is 10.8. The van der Waals surface area contributed by atoms with Crippen LogP contribution in [0.4, 0.5) is 0 Å². The van der Waals surface area contributed by atoms with Crippen molar-refractivity contribution in [2.24, 2.45) is 0 Å². The molecule has 20 heavy (non-hydrogen) atoms. The van der Waals surface area contributed by atoms with E-state index in [2.05, 4.69) is 0 Å². The van der Waals surface area contributed by atoms with Crippen molar-refractivity contribution in [3.63, 3.8) is 0 Å². The summed E-state index contributed by atoms with van der Waals surface area (Å²) in [5, 5.41) is 9.84.